The smallest absolute Gasteiger partial charge is 0.159 e. The van der Waals surface area contributed by atoms with Gasteiger partial charge in [0.05, 0.1) is 11.4 Å². The molecule has 0 spiro atoms. The Morgan fingerprint density at radius 3 is 2.53 bits per heavy atom. The number of aryl methyl sites for hydroxylation is 1. The molecular formula is C14H13BrF2N2. The van der Waals surface area contributed by atoms with Gasteiger partial charge in [0, 0.05) is 6.04 Å². The van der Waals surface area contributed by atoms with E-state index in [9.17, 15) is 8.78 Å². The lowest BCUT2D eigenvalue weighted by Gasteiger charge is -2.17. The van der Waals surface area contributed by atoms with E-state index in [1.54, 1.807) is 6.07 Å². The fraction of sp³-hybridized carbons (Fsp3) is 0.214. The molecule has 2 rings (SSSR count). The standard InChI is InChI=1S/C14H13BrF2N2/c1-8(10-3-4-11(16)12(17)7-10)18-13-5-6-14(15)19-9(13)2/h3-8,18H,1-2H3. The summed E-state index contributed by atoms with van der Waals surface area (Å²) in [4.78, 5) is 4.27. The highest BCUT2D eigenvalue weighted by Crippen LogP contribution is 2.23. The number of benzene rings is 1. The van der Waals surface area contributed by atoms with Crippen molar-refractivity contribution in [2.75, 3.05) is 5.32 Å². The topological polar surface area (TPSA) is 24.9 Å². The number of hydrogen-bond donors (Lipinski definition) is 1. The Labute approximate surface area is 119 Å². The van der Waals surface area contributed by atoms with Gasteiger partial charge in [-0.3, -0.25) is 0 Å². The van der Waals surface area contributed by atoms with Crippen LogP contribution in [0.15, 0.2) is 34.9 Å². The molecule has 0 radical (unpaired) electrons. The second-order valence-corrected chi connectivity index (χ2v) is 5.12. The molecule has 0 fully saturated rings. The average molecular weight is 327 g/mol. The van der Waals surface area contributed by atoms with Crippen molar-refractivity contribution in [3.05, 3.63) is 57.8 Å². The molecule has 1 aromatic carbocycles. The van der Waals surface area contributed by atoms with E-state index >= 15 is 0 Å². The zero-order chi connectivity index (χ0) is 14.0. The van der Waals surface area contributed by atoms with Gasteiger partial charge in [-0.15, -0.1) is 0 Å². The summed E-state index contributed by atoms with van der Waals surface area (Å²) in [7, 11) is 0. The first-order valence-corrected chi connectivity index (χ1v) is 6.61. The van der Waals surface area contributed by atoms with Crippen LogP contribution in [0.5, 0.6) is 0 Å². The minimum Gasteiger partial charge on any atom is -0.377 e. The average Bonchev–Trinajstić information content (AvgIpc) is 2.36. The van der Waals surface area contributed by atoms with Crippen LogP contribution < -0.4 is 5.32 Å². The third kappa shape index (κ3) is 3.29. The second kappa shape index (κ2) is 5.65. The molecule has 1 aromatic heterocycles. The van der Waals surface area contributed by atoms with Crippen molar-refractivity contribution in [2.45, 2.75) is 19.9 Å². The zero-order valence-corrected chi connectivity index (χ0v) is 12.1. The SMILES string of the molecule is Cc1nc(Br)ccc1NC(C)c1ccc(F)c(F)c1. The summed E-state index contributed by atoms with van der Waals surface area (Å²) in [5.74, 6) is -1.67. The van der Waals surface area contributed by atoms with Crippen LogP contribution in [0.2, 0.25) is 0 Å². The Morgan fingerprint density at radius 1 is 1.16 bits per heavy atom. The van der Waals surface area contributed by atoms with Gasteiger partial charge in [-0.1, -0.05) is 6.07 Å². The Hall–Kier alpha value is -1.49. The number of rotatable bonds is 3. The number of hydrogen-bond acceptors (Lipinski definition) is 2. The van der Waals surface area contributed by atoms with Crippen molar-refractivity contribution in [3.63, 3.8) is 0 Å². The van der Waals surface area contributed by atoms with E-state index in [0.29, 0.717) is 5.56 Å². The predicted molar refractivity (Wildman–Crippen MR) is 75.1 cm³/mol. The van der Waals surface area contributed by atoms with Gasteiger partial charge >= 0.3 is 0 Å². The van der Waals surface area contributed by atoms with E-state index < -0.39 is 11.6 Å². The highest BCUT2D eigenvalue weighted by Gasteiger charge is 2.10. The van der Waals surface area contributed by atoms with Gasteiger partial charge in [0.25, 0.3) is 0 Å². The Morgan fingerprint density at radius 2 is 1.89 bits per heavy atom. The molecule has 1 N–H and O–H groups in total. The number of aromatic nitrogens is 1. The first-order valence-electron chi connectivity index (χ1n) is 5.82. The molecule has 1 heterocycles. The number of anilines is 1. The number of pyridine rings is 1. The van der Waals surface area contributed by atoms with Crippen LogP contribution >= 0.6 is 15.9 Å². The molecule has 100 valence electrons. The van der Waals surface area contributed by atoms with E-state index in [0.717, 1.165) is 22.1 Å². The third-order valence-electron chi connectivity index (χ3n) is 2.87. The van der Waals surface area contributed by atoms with Crippen molar-refractivity contribution in [1.29, 1.82) is 0 Å². The molecule has 0 bridgehead atoms. The lowest BCUT2D eigenvalue weighted by Crippen LogP contribution is -2.09. The lowest BCUT2D eigenvalue weighted by atomic mass is 10.1. The third-order valence-corrected chi connectivity index (χ3v) is 3.31. The highest BCUT2D eigenvalue weighted by molar-refractivity contribution is 9.10. The number of halogens is 3. The van der Waals surface area contributed by atoms with Crippen molar-refractivity contribution in [3.8, 4) is 0 Å². The van der Waals surface area contributed by atoms with Crippen LogP contribution in [0.1, 0.15) is 24.2 Å². The Kier molecular flexibility index (Phi) is 4.14. The van der Waals surface area contributed by atoms with Gasteiger partial charge in [0.15, 0.2) is 11.6 Å². The predicted octanol–water partition coefficient (Wildman–Crippen LogP) is 4.60. The maximum absolute atomic E-state index is 13.2. The van der Waals surface area contributed by atoms with Crippen LogP contribution in [0.4, 0.5) is 14.5 Å². The van der Waals surface area contributed by atoms with Gasteiger partial charge in [-0.2, -0.15) is 0 Å². The summed E-state index contributed by atoms with van der Waals surface area (Å²) in [5.41, 5.74) is 2.38. The van der Waals surface area contributed by atoms with E-state index in [4.69, 9.17) is 0 Å². The van der Waals surface area contributed by atoms with E-state index in [-0.39, 0.29) is 6.04 Å². The van der Waals surface area contributed by atoms with Crippen molar-refractivity contribution >= 4 is 21.6 Å². The maximum atomic E-state index is 13.2. The van der Waals surface area contributed by atoms with Crippen molar-refractivity contribution < 1.29 is 8.78 Å². The minimum absolute atomic E-state index is 0.142. The normalized spacial score (nSPS) is 12.3. The number of nitrogens with one attached hydrogen (secondary N) is 1. The van der Waals surface area contributed by atoms with E-state index in [1.807, 2.05) is 26.0 Å². The molecule has 0 aliphatic heterocycles. The van der Waals surface area contributed by atoms with Crippen molar-refractivity contribution in [1.82, 2.24) is 4.98 Å². The van der Waals surface area contributed by atoms with Gasteiger partial charge in [0.2, 0.25) is 0 Å². The zero-order valence-electron chi connectivity index (χ0n) is 10.5. The first kappa shape index (κ1) is 13.9. The molecule has 2 aromatic rings. The van der Waals surface area contributed by atoms with Gasteiger partial charge in [0.1, 0.15) is 4.60 Å². The quantitative estimate of drug-likeness (QED) is 0.833. The van der Waals surface area contributed by atoms with Crippen LogP contribution in [0.3, 0.4) is 0 Å². The fourth-order valence-corrected chi connectivity index (χ4v) is 2.18. The lowest BCUT2D eigenvalue weighted by molar-refractivity contribution is 0.506. The Balaban J connectivity index is 2.20. The molecule has 1 unspecified atom stereocenters. The molecule has 0 saturated carbocycles. The summed E-state index contributed by atoms with van der Waals surface area (Å²) < 4.78 is 26.8. The molecule has 2 nitrogen and oxygen atoms in total. The second-order valence-electron chi connectivity index (χ2n) is 4.31. The molecule has 0 saturated heterocycles. The molecule has 1 atom stereocenters. The Bertz CT molecular complexity index is 602. The number of nitrogens with zero attached hydrogens (tertiary/aromatic N) is 1. The highest BCUT2D eigenvalue weighted by atomic mass is 79.9. The molecular weight excluding hydrogens is 314 g/mol. The van der Waals surface area contributed by atoms with Crippen LogP contribution in [-0.2, 0) is 0 Å². The van der Waals surface area contributed by atoms with Gasteiger partial charge in [-0.25, -0.2) is 13.8 Å². The van der Waals surface area contributed by atoms with Crippen LogP contribution in [0, 0.1) is 18.6 Å². The van der Waals surface area contributed by atoms with Crippen molar-refractivity contribution in [2.24, 2.45) is 0 Å². The molecule has 0 aliphatic carbocycles. The summed E-state index contributed by atoms with van der Waals surface area (Å²) in [5, 5.41) is 3.23. The van der Waals surface area contributed by atoms with Crippen LogP contribution in [0.25, 0.3) is 0 Å². The fourth-order valence-electron chi connectivity index (χ4n) is 1.78. The molecule has 19 heavy (non-hydrogen) atoms. The van der Waals surface area contributed by atoms with E-state index in [2.05, 4.69) is 26.2 Å². The minimum atomic E-state index is -0.836. The maximum Gasteiger partial charge on any atom is 0.159 e. The monoisotopic (exact) mass is 326 g/mol. The summed E-state index contributed by atoms with van der Waals surface area (Å²) in [6.45, 7) is 3.76. The summed E-state index contributed by atoms with van der Waals surface area (Å²) in [6, 6.07) is 7.48. The van der Waals surface area contributed by atoms with Crippen LogP contribution in [-0.4, -0.2) is 4.98 Å². The van der Waals surface area contributed by atoms with Gasteiger partial charge < -0.3 is 5.32 Å². The molecule has 0 amide bonds. The molecule has 0 aliphatic rings. The largest absolute Gasteiger partial charge is 0.377 e. The van der Waals surface area contributed by atoms with Gasteiger partial charge in [-0.05, 0) is 59.6 Å². The summed E-state index contributed by atoms with van der Waals surface area (Å²) >= 11 is 3.29. The molecule has 5 heteroatoms. The first-order chi connectivity index (χ1) is 8.97. The van der Waals surface area contributed by atoms with E-state index in [1.165, 1.54) is 6.07 Å². The summed E-state index contributed by atoms with van der Waals surface area (Å²) in [6.07, 6.45) is 0.